The van der Waals surface area contributed by atoms with Crippen molar-refractivity contribution in [3.63, 3.8) is 0 Å². The van der Waals surface area contributed by atoms with Crippen LogP contribution in [0.15, 0.2) is 47.4 Å². The first-order chi connectivity index (χ1) is 11.0. The number of hydrogen-bond acceptors (Lipinski definition) is 3. The predicted molar refractivity (Wildman–Crippen MR) is 93.2 cm³/mol. The maximum Gasteiger partial charge on any atom is 0.270 e. The minimum Gasteiger partial charge on any atom is -0.268 e. The summed E-state index contributed by atoms with van der Waals surface area (Å²) in [5, 5.41) is 0. The van der Waals surface area contributed by atoms with E-state index in [0.717, 1.165) is 23.4 Å². The summed E-state index contributed by atoms with van der Waals surface area (Å²) in [5.41, 5.74) is 1.74. The molecule has 1 saturated heterocycles. The molecule has 0 aliphatic carbocycles. The molecule has 2 aromatic rings. The number of carbonyl (C=O) groups excluding carboxylic acids is 1. The first kappa shape index (κ1) is 15.8. The monoisotopic (exact) mass is 347 g/mol. The average Bonchev–Trinajstić information content (AvgIpc) is 2.79. The second kappa shape index (κ2) is 6.22. The van der Waals surface area contributed by atoms with Gasteiger partial charge in [0.25, 0.3) is 5.91 Å². The number of aryl methyl sites for hydroxylation is 1. The Morgan fingerprint density at radius 1 is 1.13 bits per heavy atom. The van der Waals surface area contributed by atoms with E-state index >= 15 is 0 Å². The second-order valence-electron chi connectivity index (χ2n) is 5.00. The largest absolute Gasteiger partial charge is 0.270 e. The molecule has 1 heterocycles. The van der Waals surface area contributed by atoms with Gasteiger partial charge in [-0.3, -0.25) is 9.69 Å². The third-order valence-corrected chi connectivity index (χ3v) is 4.66. The summed E-state index contributed by atoms with van der Waals surface area (Å²) in [4.78, 5) is 14.2. The smallest absolute Gasteiger partial charge is 0.268 e. The quantitative estimate of drug-likeness (QED) is 0.581. The molecule has 1 aliphatic heterocycles. The van der Waals surface area contributed by atoms with Crippen molar-refractivity contribution in [3.05, 3.63) is 70.1 Å². The molecule has 116 valence electrons. The van der Waals surface area contributed by atoms with E-state index in [4.69, 9.17) is 12.2 Å². The van der Waals surface area contributed by atoms with Crippen molar-refractivity contribution in [3.8, 4) is 0 Å². The number of rotatable bonds is 2. The van der Waals surface area contributed by atoms with Crippen LogP contribution in [-0.2, 0) is 4.79 Å². The van der Waals surface area contributed by atoms with Gasteiger partial charge in [0.15, 0.2) is 16.0 Å². The SMILES string of the molecule is Cc1ccc(N2C(=O)/C(=C/c3cccc(F)c3F)SC2=S)cc1. The van der Waals surface area contributed by atoms with Gasteiger partial charge in [-0.2, -0.15) is 0 Å². The van der Waals surface area contributed by atoms with Crippen molar-refractivity contribution in [2.75, 3.05) is 4.90 Å². The zero-order chi connectivity index (χ0) is 16.6. The summed E-state index contributed by atoms with van der Waals surface area (Å²) in [5.74, 6) is -2.27. The summed E-state index contributed by atoms with van der Waals surface area (Å²) in [6, 6.07) is 11.2. The first-order valence-corrected chi connectivity index (χ1v) is 7.98. The molecule has 0 N–H and O–H groups in total. The molecule has 0 bridgehead atoms. The van der Waals surface area contributed by atoms with Gasteiger partial charge in [0.2, 0.25) is 0 Å². The molecule has 6 heteroatoms. The Balaban J connectivity index is 1.96. The lowest BCUT2D eigenvalue weighted by Gasteiger charge is -2.14. The molecule has 0 unspecified atom stereocenters. The zero-order valence-corrected chi connectivity index (χ0v) is 13.7. The fourth-order valence-electron chi connectivity index (χ4n) is 2.16. The van der Waals surface area contributed by atoms with Crippen LogP contribution in [0.25, 0.3) is 6.08 Å². The summed E-state index contributed by atoms with van der Waals surface area (Å²) in [7, 11) is 0. The molecule has 1 amide bonds. The highest BCUT2D eigenvalue weighted by molar-refractivity contribution is 8.27. The Morgan fingerprint density at radius 3 is 2.52 bits per heavy atom. The van der Waals surface area contributed by atoms with Crippen LogP contribution in [0, 0.1) is 18.6 Å². The number of thioether (sulfide) groups is 1. The lowest BCUT2D eigenvalue weighted by atomic mass is 10.2. The van der Waals surface area contributed by atoms with Gasteiger partial charge in [-0.05, 0) is 31.2 Å². The summed E-state index contributed by atoms with van der Waals surface area (Å²) in [6.45, 7) is 1.95. The number of hydrogen-bond donors (Lipinski definition) is 0. The maximum atomic E-state index is 13.8. The number of benzene rings is 2. The average molecular weight is 347 g/mol. The van der Waals surface area contributed by atoms with Crippen LogP contribution < -0.4 is 4.90 Å². The van der Waals surface area contributed by atoms with E-state index < -0.39 is 11.6 Å². The number of nitrogens with zero attached hydrogens (tertiary/aromatic N) is 1. The van der Waals surface area contributed by atoms with Crippen molar-refractivity contribution >= 4 is 46.0 Å². The Hall–Kier alpha value is -2.05. The van der Waals surface area contributed by atoms with E-state index in [0.29, 0.717) is 10.0 Å². The highest BCUT2D eigenvalue weighted by atomic mass is 32.2. The third-order valence-electron chi connectivity index (χ3n) is 3.35. The van der Waals surface area contributed by atoms with Gasteiger partial charge in [-0.25, -0.2) is 8.78 Å². The standard InChI is InChI=1S/C17H11F2NOS2/c1-10-5-7-12(8-6-10)20-16(21)14(23-17(20)22)9-11-3-2-4-13(18)15(11)19/h2-9H,1H3/b14-9-. The molecule has 2 aromatic carbocycles. The minimum absolute atomic E-state index is 0.0226. The van der Waals surface area contributed by atoms with Gasteiger partial charge < -0.3 is 0 Å². The van der Waals surface area contributed by atoms with Crippen molar-refractivity contribution in [1.29, 1.82) is 0 Å². The fourth-order valence-corrected chi connectivity index (χ4v) is 3.45. The predicted octanol–water partition coefficient (Wildman–Crippen LogP) is 4.68. The third kappa shape index (κ3) is 3.04. The molecule has 0 aromatic heterocycles. The second-order valence-corrected chi connectivity index (χ2v) is 6.67. The van der Waals surface area contributed by atoms with Crippen LogP contribution in [0.3, 0.4) is 0 Å². The van der Waals surface area contributed by atoms with E-state index in [1.165, 1.54) is 23.1 Å². The minimum atomic E-state index is -0.979. The Morgan fingerprint density at radius 2 is 1.83 bits per heavy atom. The van der Waals surface area contributed by atoms with E-state index in [2.05, 4.69) is 0 Å². The van der Waals surface area contributed by atoms with E-state index in [1.807, 2.05) is 19.1 Å². The van der Waals surface area contributed by atoms with E-state index in [1.54, 1.807) is 12.1 Å². The molecular formula is C17H11F2NOS2. The number of halogens is 2. The van der Waals surface area contributed by atoms with E-state index in [9.17, 15) is 13.6 Å². The molecule has 2 nitrogen and oxygen atoms in total. The van der Waals surface area contributed by atoms with Crippen LogP contribution >= 0.6 is 24.0 Å². The highest BCUT2D eigenvalue weighted by Gasteiger charge is 2.33. The fraction of sp³-hybridized carbons (Fsp3) is 0.0588. The highest BCUT2D eigenvalue weighted by Crippen LogP contribution is 2.36. The Bertz CT molecular complexity index is 831. The molecule has 3 rings (SSSR count). The summed E-state index contributed by atoms with van der Waals surface area (Å²) < 4.78 is 27.4. The Labute approximate surface area is 141 Å². The van der Waals surface area contributed by atoms with Crippen molar-refractivity contribution in [2.45, 2.75) is 6.92 Å². The molecule has 0 radical (unpaired) electrons. The molecule has 0 saturated carbocycles. The van der Waals surface area contributed by atoms with Crippen molar-refractivity contribution < 1.29 is 13.6 Å². The van der Waals surface area contributed by atoms with Gasteiger partial charge in [0.05, 0.1) is 10.6 Å². The normalized spacial score (nSPS) is 16.5. The van der Waals surface area contributed by atoms with Crippen LogP contribution in [0.5, 0.6) is 0 Å². The number of amides is 1. The number of thiocarbonyl (C=S) groups is 1. The molecular weight excluding hydrogens is 336 g/mol. The van der Waals surface area contributed by atoms with Crippen LogP contribution in [0.4, 0.5) is 14.5 Å². The van der Waals surface area contributed by atoms with Gasteiger partial charge in [0.1, 0.15) is 0 Å². The van der Waals surface area contributed by atoms with Gasteiger partial charge in [-0.1, -0.05) is 53.8 Å². The molecule has 23 heavy (non-hydrogen) atoms. The molecule has 1 aliphatic rings. The van der Waals surface area contributed by atoms with Crippen LogP contribution in [-0.4, -0.2) is 10.2 Å². The first-order valence-electron chi connectivity index (χ1n) is 6.76. The van der Waals surface area contributed by atoms with Crippen LogP contribution in [0.1, 0.15) is 11.1 Å². The lowest BCUT2D eigenvalue weighted by Crippen LogP contribution is -2.27. The van der Waals surface area contributed by atoms with Crippen molar-refractivity contribution in [1.82, 2.24) is 0 Å². The zero-order valence-electron chi connectivity index (χ0n) is 12.0. The van der Waals surface area contributed by atoms with E-state index in [-0.39, 0.29) is 16.4 Å². The Kier molecular flexibility index (Phi) is 4.28. The molecule has 0 atom stereocenters. The molecule has 1 fully saturated rings. The van der Waals surface area contributed by atoms with Crippen LogP contribution in [0.2, 0.25) is 0 Å². The molecule has 0 spiro atoms. The van der Waals surface area contributed by atoms with Gasteiger partial charge in [-0.15, -0.1) is 0 Å². The topological polar surface area (TPSA) is 20.3 Å². The summed E-state index contributed by atoms with van der Waals surface area (Å²) in [6.07, 6.45) is 1.33. The number of anilines is 1. The number of carbonyl (C=O) groups is 1. The van der Waals surface area contributed by atoms with Crippen molar-refractivity contribution in [2.24, 2.45) is 0 Å². The lowest BCUT2D eigenvalue weighted by molar-refractivity contribution is -0.113. The van der Waals surface area contributed by atoms with Gasteiger partial charge >= 0.3 is 0 Å². The van der Waals surface area contributed by atoms with Gasteiger partial charge in [0, 0.05) is 5.56 Å². The maximum absolute atomic E-state index is 13.8. The summed E-state index contributed by atoms with van der Waals surface area (Å²) >= 11 is 6.31.